The molecule has 5 rings (SSSR count). The van der Waals surface area contributed by atoms with Crippen LogP contribution in [-0.2, 0) is 21.5 Å². The Morgan fingerprint density at radius 3 is 2.75 bits per heavy atom. The number of hydrogen-bond donors (Lipinski definition) is 5. The molecule has 0 saturated carbocycles. The third-order valence-corrected chi connectivity index (χ3v) is 9.03. The van der Waals surface area contributed by atoms with Crippen LogP contribution in [0.25, 0.3) is 0 Å². The summed E-state index contributed by atoms with van der Waals surface area (Å²) in [5, 5.41) is 19.2. The number of carbonyl (C=O) groups excluding carboxylic acids is 2. The number of hydrogen-bond acceptors (Lipinski definition) is 10. The lowest BCUT2D eigenvalue weighted by molar-refractivity contribution is -0.117. The lowest BCUT2D eigenvalue weighted by atomic mass is 9.81. The Labute approximate surface area is 284 Å². The number of carbonyl (C=O) groups is 2. The van der Waals surface area contributed by atoms with E-state index in [1.54, 1.807) is 11.6 Å². The number of allylic oxidation sites excluding steroid dienone is 1. The number of benzene rings is 2. The van der Waals surface area contributed by atoms with Crippen LogP contribution in [0.4, 0.5) is 9.52 Å². The molecule has 256 valence electrons. The summed E-state index contributed by atoms with van der Waals surface area (Å²) in [4.78, 5) is 30.0. The zero-order valence-electron chi connectivity index (χ0n) is 27.7. The van der Waals surface area contributed by atoms with Crippen molar-refractivity contribution in [1.29, 1.82) is 5.41 Å². The van der Waals surface area contributed by atoms with E-state index in [1.165, 1.54) is 29.5 Å². The van der Waals surface area contributed by atoms with Gasteiger partial charge in [0.15, 0.2) is 16.6 Å². The van der Waals surface area contributed by atoms with Crippen molar-refractivity contribution in [3.8, 4) is 17.2 Å². The van der Waals surface area contributed by atoms with E-state index in [1.807, 2.05) is 39.8 Å². The molecule has 2 aliphatic heterocycles. The van der Waals surface area contributed by atoms with Gasteiger partial charge in [-0.05, 0) is 74.1 Å². The fourth-order valence-electron chi connectivity index (χ4n) is 5.61. The second-order valence-corrected chi connectivity index (χ2v) is 14.2. The van der Waals surface area contributed by atoms with Crippen LogP contribution in [0.15, 0.2) is 53.8 Å². The van der Waals surface area contributed by atoms with Gasteiger partial charge in [0, 0.05) is 53.9 Å². The lowest BCUT2D eigenvalue weighted by Crippen LogP contribution is -2.47. The quantitative estimate of drug-likeness (QED) is 0.154. The predicted octanol–water partition coefficient (Wildman–Crippen LogP) is 6.01. The summed E-state index contributed by atoms with van der Waals surface area (Å²) in [5.74, 6) is -0.859. The zero-order valence-corrected chi connectivity index (χ0v) is 28.5. The molecule has 3 heterocycles. The Morgan fingerprint density at radius 1 is 1.25 bits per heavy atom. The van der Waals surface area contributed by atoms with Gasteiger partial charge in [0.25, 0.3) is 5.91 Å². The number of rotatable bonds is 11. The van der Waals surface area contributed by atoms with Crippen LogP contribution in [0.1, 0.15) is 74.9 Å². The normalized spacial score (nSPS) is 19.6. The largest absolute Gasteiger partial charge is 0.487 e. The average molecular weight is 679 g/mol. The highest BCUT2D eigenvalue weighted by Crippen LogP contribution is 2.41. The minimum atomic E-state index is -0.815. The molecule has 0 radical (unpaired) electrons. The van der Waals surface area contributed by atoms with E-state index in [2.05, 4.69) is 20.9 Å². The fraction of sp³-hybridized carbons (Fsp3) is 0.429. The molecule has 1 aromatic heterocycles. The van der Waals surface area contributed by atoms with Gasteiger partial charge in [0.1, 0.15) is 24.0 Å². The first kappa shape index (κ1) is 35.0. The Morgan fingerprint density at radius 2 is 2.06 bits per heavy atom. The highest BCUT2D eigenvalue weighted by Gasteiger charge is 2.36. The highest BCUT2D eigenvalue weighted by molar-refractivity contribution is 7.13. The molecule has 3 aromatic rings. The smallest absolute Gasteiger partial charge is 0.259 e. The van der Waals surface area contributed by atoms with E-state index >= 15 is 4.39 Å². The molecule has 6 N–H and O–H groups in total. The third kappa shape index (κ3) is 8.77. The zero-order chi connectivity index (χ0) is 34.5. The van der Waals surface area contributed by atoms with Crippen molar-refractivity contribution in [2.24, 2.45) is 11.1 Å². The number of nitrogens with zero attached hydrogens (tertiary/aromatic N) is 1. The van der Waals surface area contributed by atoms with E-state index in [-0.39, 0.29) is 41.3 Å². The van der Waals surface area contributed by atoms with Crippen molar-refractivity contribution in [3.63, 3.8) is 0 Å². The number of aromatic nitrogens is 1. The minimum absolute atomic E-state index is 0.0482. The van der Waals surface area contributed by atoms with Crippen molar-refractivity contribution in [2.75, 3.05) is 25.1 Å². The maximum absolute atomic E-state index is 15.3. The second kappa shape index (κ2) is 14.8. The van der Waals surface area contributed by atoms with Gasteiger partial charge in [-0.1, -0.05) is 20.8 Å². The van der Waals surface area contributed by atoms with Gasteiger partial charge >= 0.3 is 0 Å². The molecule has 0 bridgehead atoms. The van der Waals surface area contributed by atoms with E-state index < -0.39 is 22.7 Å². The average Bonchev–Trinajstić information content (AvgIpc) is 3.53. The van der Waals surface area contributed by atoms with Crippen molar-refractivity contribution in [1.82, 2.24) is 15.6 Å². The number of amides is 2. The molecule has 2 atom stereocenters. The van der Waals surface area contributed by atoms with Crippen LogP contribution in [0, 0.1) is 16.6 Å². The summed E-state index contributed by atoms with van der Waals surface area (Å²) in [6, 6.07) is 7.68. The molecule has 11 nitrogen and oxygen atoms in total. The van der Waals surface area contributed by atoms with Gasteiger partial charge in [-0.2, -0.15) is 0 Å². The lowest BCUT2D eigenvalue weighted by Gasteiger charge is -2.37. The summed E-state index contributed by atoms with van der Waals surface area (Å²) in [5.41, 5.74) is 6.56. The number of nitrogens with two attached hydrogens (primary N) is 1. The number of thiazole rings is 1. The number of nitrogens with one attached hydrogen (secondary N) is 4. The third-order valence-electron chi connectivity index (χ3n) is 8.34. The molecule has 2 amide bonds. The Hall–Kier alpha value is -4.33. The standard InChI is InChI=1S/C35H43FN6O5S/c1-34(2,3)29(37)18-30(38)41-32(44)24-9-8-22(16-26(24)36)47-28-17-25-21(15-27(28)46-20-23-7-5-6-13-45-23)10-11-40-35(25,4)19-31(43)42-33-39-12-14-48-33/h8-9,12,14-18,23,37,40H,5-7,10-11,13,19-20,38H2,1-4H3,(H,41,44)(H,39,42,43)/b30-18+,37-29?/t23?,35-/m1/s1. The van der Waals surface area contributed by atoms with Gasteiger partial charge in [-0.15, -0.1) is 11.3 Å². The second-order valence-electron chi connectivity index (χ2n) is 13.3. The molecule has 2 aliphatic rings. The highest BCUT2D eigenvalue weighted by atomic mass is 32.1. The van der Waals surface area contributed by atoms with E-state index in [0.29, 0.717) is 42.8 Å². The molecular weight excluding hydrogens is 635 g/mol. The van der Waals surface area contributed by atoms with Crippen molar-refractivity contribution in [2.45, 2.75) is 71.4 Å². The van der Waals surface area contributed by atoms with E-state index in [0.717, 1.165) is 36.5 Å². The van der Waals surface area contributed by atoms with Crippen LogP contribution < -0.4 is 31.2 Å². The van der Waals surface area contributed by atoms with E-state index in [4.69, 9.17) is 25.4 Å². The van der Waals surface area contributed by atoms with Crippen LogP contribution >= 0.6 is 11.3 Å². The molecule has 1 saturated heterocycles. The minimum Gasteiger partial charge on any atom is -0.487 e. The van der Waals surface area contributed by atoms with Gasteiger partial charge in [-0.25, -0.2) is 9.37 Å². The van der Waals surface area contributed by atoms with Crippen molar-refractivity contribution in [3.05, 3.63) is 76.3 Å². The molecular formula is C35H43FN6O5S. The first-order valence-electron chi connectivity index (χ1n) is 16.0. The maximum atomic E-state index is 15.3. The molecule has 1 unspecified atom stereocenters. The number of fused-ring (bicyclic) bond motifs is 1. The van der Waals surface area contributed by atoms with Gasteiger partial charge < -0.3 is 41.3 Å². The van der Waals surface area contributed by atoms with Gasteiger partial charge in [0.2, 0.25) is 5.91 Å². The SMILES string of the molecule is CC(C)(C)C(=N)/C=C(\N)NC(=O)c1ccc(Oc2cc3c(cc2OCC2CCCCO2)CCN[C@]3(C)CC(=O)Nc2nccs2)cc1F. The summed E-state index contributed by atoms with van der Waals surface area (Å²) in [6.45, 7) is 9.18. The number of ether oxygens (including phenoxy) is 3. The molecule has 0 spiro atoms. The summed E-state index contributed by atoms with van der Waals surface area (Å²) in [7, 11) is 0. The Bertz CT molecular complexity index is 1680. The maximum Gasteiger partial charge on any atom is 0.259 e. The van der Waals surface area contributed by atoms with Crippen molar-refractivity contribution >= 4 is 34.0 Å². The Kier molecular flexibility index (Phi) is 10.8. The van der Waals surface area contributed by atoms with Crippen LogP contribution in [-0.4, -0.2) is 48.4 Å². The summed E-state index contributed by atoms with van der Waals surface area (Å²) >= 11 is 1.35. The number of halogens is 1. The first-order chi connectivity index (χ1) is 22.8. The summed E-state index contributed by atoms with van der Waals surface area (Å²) in [6.07, 6.45) is 6.75. The Balaban J connectivity index is 1.40. The molecule has 13 heteroatoms. The fourth-order valence-corrected chi connectivity index (χ4v) is 6.15. The molecule has 1 fully saturated rings. The van der Waals surface area contributed by atoms with Crippen LogP contribution in [0.2, 0.25) is 0 Å². The topological polar surface area (TPSA) is 161 Å². The monoisotopic (exact) mass is 678 g/mol. The van der Waals surface area contributed by atoms with E-state index in [9.17, 15) is 9.59 Å². The van der Waals surface area contributed by atoms with Crippen LogP contribution in [0.3, 0.4) is 0 Å². The van der Waals surface area contributed by atoms with Crippen molar-refractivity contribution < 1.29 is 28.2 Å². The molecule has 0 aliphatic carbocycles. The molecule has 2 aromatic carbocycles. The predicted molar refractivity (Wildman–Crippen MR) is 183 cm³/mol. The summed E-state index contributed by atoms with van der Waals surface area (Å²) < 4.78 is 33.7. The van der Waals surface area contributed by atoms with Gasteiger partial charge in [-0.3, -0.25) is 9.59 Å². The van der Waals surface area contributed by atoms with Crippen LogP contribution in [0.5, 0.6) is 17.2 Å². The first-order valence-corrected chi connectivity index (χ1v) is 16.9. The van der Waals surface area contributed by atoms with Gasteiger partial charge in [0.05, 0.1) is 11.7 Å². The number of anilines is 1. The molecule has 48 heavy (non-hydrogen) atoms.